The number of carbonyl (C=O) groups is 1. The van der Waals surface area contributed by atoms with Crippen LogP contribution >= 0.6 is 15.9 Å². The van der Waals surface area contributed by atoms with Crippen molar-refractivity contribution < 1.29 is 17.9 Å². The number of hydrogen-bond donors (Lipinski definition) is 1. The van der Waals surface area contributed by atoms with Crippen LogP contribution in [-0.2, 0) is 14.8 Å². The monoisotopic (exact) mass is 466 g/mol. The summed E-state index contributed by atoms with van der Waals surface area (Å²) in [6, 6.07) is 11.4. The summed E-state index contributed by atoms with van der Waals surface area (Å²) in [7, 11) is -3.75. The van der Waals surface area contributed by atoms with Crippen molar-refractivity contribution >= 4 is 43.2 Å². The van der Waals surface area contributed by atoms with Crippen LogP contribution in [0.25, 0.3) is 0 Å². The van der Waals surface area contributed by atoms with Crippen molar-refractivity contribution in [3.05, 3.63) is 46.9 Å². The van der Waals surface area contributed by atoms with E-state index in [0.717, 1.165) is 10.9 Å². The van der Waals surface area contributed by atoms with E-state index in [2.05, 4.69) is 20.7 Å². The van der Waals surface area contributed by atoms with E-state index >= 15 is 0 Å². The van der Waals surface area contributed by atoms with Crippen LogP contribution in [0, 0.1) is 5.41 Å². The van der Waals surface area contributed by atoms with Gasteiger partial charge in [-0.15, -0.1) is 0 Å². The first-order chi connectivity index (χ1) is 13.1. The maximum absolute atomic E-state index is 13.0. The van der Waals surface area contributed by atoms with Gasteiger partial charge in [0.25, 0.3) is 10.0 Å². The Kier molecular flexibility index (Phi) is 5.72. The smallest absolute Gasteiger partial charge is 0.261 e. The van der Waals surface area contributed by atoms with E-state index in [1.54, 1.807) is 35.2 Å². The number of carbonyl (C=O) groups excluding carboxylic acids is 1. The zero-order valence-corrected chi connectivity index (χ0v) is 18.4. The van der Waals surface area contributed by atoms with Gasteiger partial charge in [0.05, 0.1) is 21.7 Å². The molecule has 1 amide bonds. The normalized spacial score (nSPS) is 16.1. The summed E-state index contributed by atoms with van der Waals surface area (Å²) in [5.41, 5.74) is 0.290. The molecular formula is C20H23BrN2O4S. The van der Waals surface area contributed by atoms with Gasteiger partial charge in [0.15, 0.2) is 0 Å². The molecule has 0 aromatic heterocycles. The van der Waals surface area contributed by atoms with E-state index in [1.807, 2.05) is 20.8 Å². The number of halogens is 1. The number of anilines is 2. The minimum atomic E-state index is -3.75. The molecule has 3 rings (SSSR count). The van der Waals surface area contributed by atoms with Gasteiger partial charge in [0.2, 0.25) is 5.91 Å². The highest BCUT2D eigenvalue weighted by atomic mass is 79.9. The number of hydrogen-bond acceptors (Lipinski definition) is 4. The van der Waals surface area contributed by atoms with Crippen molar-refractivity contribution in [1.82, 2.24) is 0 Å². The Morgan fingerprint density at radius 1 is 1.18 bits per heavy atom. The molecule has 0 unspecified atom stereocenters. The topological polar surface area (TPSA) is 75.7 Å². The first-order valence-electron chi connectivity index (χ1n) is 9.01. The molecule has 6 nitrogen and oxygen atoms in total. The first-order valence-corrected chi connectivity index (χ1v) is 11.3. The number of amides is 1. The van der Waals surface area contributed by atoms with Crippen LogP contribution < -0.4 is 14.4 Å². The van der Waals surface area contributed by atoms with E-state index in [-0.39, 0.29) is 17.4 Å². The van der Waals surface area contributed by atoms with Crippen molar-refractivity contribution in [2.75, 3.05) is 22.8 Å². The summed E-state index contributed by atoms with van der Waals surface area (Å²) < 4.78 is 34.6. The van der Waals surface area contributed by atoms with Gasteiger partial charge in [-0.2, -0.15) is 0 Å². The SMILES string of the molecule is CCCN1C(=O)C(C)(C)COc2ccc(NS(=O)(=O)c3ccc(Br)cc3)cc21. The third-order valence-electron chi connectivity index (χ3n) is 4.49. The molecule has 0 aliphatic carbocycles. The zero-order chi connectivity index (χ0) is 20.5. The lowest BCUT2D eigenvalue weighted by Crippen LogP contribution is -2.42. The summed E-state index contributed by atoms with van der Waals surface area (Å²) in [5.74, 6) is 0.528. The van der Waals surface area contributed by atoms with Gasteiger partial charge in [-0.1, -0.05) is 22.9 Å². The minimum Gasteiger partial charge on any atom is -0.490 e. The fourth-order valence-electron chi connectivity index (χ4n) is 2.98. The van der Waals surface area contributed by atoms with Crippen LogP contribution in [0.1, 0.15) is 27.2 Å². The number of sulfonamides is 1. The zero-order valence-electron chi connectivity index (χ0n) is 16.0. The van der Waals surface area contributed by atoms with Crippen LogP contribution in [-0.4, -0.2) is 27.5 Å². The van der Waals surface area contributed by atoms with Gasteiger partial charge in [0.1, 0.15) is 12.4 Å². The summed E-state index contributed by atoms with van der Waals surface area (Å²) in [4.78, 5) is 14.8. The Morgan fingerprint density at radius 3 is 2.50 bits per heavy atom. The molecule has 0 radical (unpaired) electrons. The summed E-state index contributed by atoms with van der Waals surface area (Å²) in [6.45, 7) is 6.48. The minimum absolute atomic E-state index is 0.0407. The second kappa shape index (κ2) is 7.75. The predicted molar refractivity (Wildman–Crippen MR) is 113 cm³/mol. The van der Waals surface area contributed by atoms with Crippen molar-refractivity contribution in [2.45, 2.75) is 32.1 Å². The van der Waals surface area contributed by atoms with Crippen LogP contribution in [0.5, 0.6) is 5.75 Å². The standard InChI is InChI=1S/C20H23BrN2O4S/c1-4-11-23-17-12-15(7-10-18(17)27-13-20(2,3)19(23)24)22-28(25,26)16-8-5-14(21)6-9-16/h5-10,12,22H,4,11,13H2,1-3H3. The van der Waals surface area contributed by atoms with E-state index in [1.165, 1.54) is 12.1 Å². The Morgan fingerprint density at radius 2 is 1.86 bits per heavy atom. The quantitative estimate of drug-likeness (QED) is 0.707. The maximum Gasteiger partial charge on any atom is 0.261 e. The molecule has 150 valence electrons. The summed E-state index contributed by atoms with van der Waals surface area (Å²) in [5, 5.41) is 0. The van der Waals surface area contributed by atoms with E-state index < -0.39 is 15.4 Å². The maximum atomic E-state index is 13.0. The molecule has 1 aliphatic rings. The van der Waals surface area contributed by atoms with Crippen molar-refractivity contribution in [3.8, 4) is 5.75 Å². The first kappa shape index (κ1) is 20.7. The second-order valence-corrected chi connectivity index (χ2v) is 9.97. The number of benzene rings is 2. The van der Waals surface area contributed by atoms with Crippen molar-refractivity contribution in [3.63, 3.8) is 0 Å². The third-order valence-corrected chi connectivity index (χ3v) is 6.41. The molecule has 0 spiro atoms. The van der Waals surface area contributed by atoms with E-state index in [0.29, 0.717) is 23.7 Å². The largest absolute Gasteiger partial charge is 0.490 e. The lowest BCUT2D eigenvalue weighted by Gasteiger charge is -2.28. The lowest BCUT2D eigenvalue weighted by molar-refractivity contribution is -0.127. The highest BCUT2D eigenvalue weighted by molar-refractivity contribution is 9.10. The molecule has 1 heterocycles. The third kappa shape index (κ3) is 4.17. The van der Waals surface area contributed by atoms with Crippen molar-refractivity contribution in [1.29, 1.82) is 0 Å². The molecule has 2 aromatic carbocycles. The van der Waals surface area contributed by atoms with Gasteiger partial charge in [0, 0.05) is 11.0 Å². The molecule has 28 heavy (non-hydrogen) atoms. The Bertz CT molecular complexity index is 988. The van der Waals surface area contributed by atoms with Gasteiger partial charge in [-0.05, 0) is 62.7 Å². The second-order valence-electron chi connectivity index (χ2n) is 7.37. The average Bonchev–Trinajstić information content (AvgIpc) is 2.72. The Hall–Kier alpha value is -2.06. The van der Waals surface area contributed by atoms with Crippen LogP contribution in [0.2, 0.25) is 0 Å². The lowest BCUT2D eigenvalue weighted by atomic mass is 9.93. The number of nitrogens with zero attached hydrogens (tertiary/aromatic N) is 1. The molecule has 2 aromatic rings. The van der Waals surface area contributed by atoms with Gasteiger partial charge in [-0.25, -0.2) is 8.42 Å². The molecule has 1 aliphatic heterocycles. The Balaban J connectivity index is 1.97. The highest BCUT2D eigenvalue weighted by Crippen LogP contribution is 2.38. The molecular weight excluding hydrogens is 444 g/mol. The number of rotatable bonds is 5. The fraction of sp³-hybridized carbons (Fsp3) is 0.350. The van der Waals surface area contributed by atoms with E-state index in [9.17, 15) is 13.2 Å². The van der Waals surface area contributed by atoms with Crippen molar-refractivity contribution in [2.24, 2.45) is 5.41 Å². The van der Waals surface area contributed by atoms with E-state index in [4.69, 9.17) is 4.74 Å². The van der Waals surface area contributed by atoms with Gasteiger partial charge < -0.3 is 9.64 Å². The average molecular weight is 467 g/mol. The van der Waals surface area contributed by atoms with Gasteiger partial charge in [-0.3, -0.25) is 9.52 Å². The summed E-state index contributed by atoms with van der Waals surface area (Å²) >= 11 is 3.30. The van der Waals surface area contributed by atoms with Crippen LogP contribution in [0.3, 0.4) is 0 Å². The number of nitrogens with one attached hydrogen (secondary N) is 1. The molecule has 0 bridgehead atoms. The number of ether oxygens (including phenoxy) is 1. The Labute approximate surface area is 174 Å². The molecule has 0 atom stereocenters. The molecule has 0 fully saturated rings. The molecule has 0 saturated heterocycles. The summed E-state index contributed by atoms with van der Waals surface area (Å²) in [6.07, 6.45) is 0.774. The van der Waals surface area contributed by atoms with Crippen LogP contribution in [0.15, 0.2) is 51.8 Å². The molecule has 1 N–H and O–H groups in total. The van der Waals surface area contributed by atoms with Gasteiger partial charge >= 0.3 is 0 Å². The van der Waals surface area contributed by atoms with Crippen LogP contribution in [0.4, 0.5) is 11.4 Å². The fourth-order valence-corrected chi connectivity index (χ4v) is 4.30. The molecule has 8 heteroatoms. The molecule has 0 saturated carbocycles. The highest BCUT2D eigenvalue weighted by Gasteiger charge is 2.37. The predicted octanol–water partition coefficient (Wildman–Crippen LogP) is 4.41. The number of fused-ring (bicyclic) bond motifs is 1.